The highest BCUT2D eigenvalue weighted by Crippen LogP contribution is 2.61. The zero-order chi connectivity index (χ0) is 20.7. The summed E-state index contributed by atoms with van der Waals surface area (Å²) < 4.78 is 0. The molecule has 4 fully saturated rings. The summed E-state index contributed by atoms with van der Waals surface area (Å²) in [6.45, 7) is 4.18. The van der Waals surface area contributed by atoms with Gasteiger partial charge < -0.3 is 5.32 Å². The van der Waals surface area contributed by atoms with Gasteiger partial charge in [-0.05, 0) is 91.6 Å². The molecule has 6 heteroatoms. The van der Waals surface area contributed by atoms with Gasteiger partial charge in [0.15, 0.2) is 5.11 Å². The van der Waals surface area contributed by atoms with Crippen LogP contribution in [-0.4, -0.2) is 22.5 Å². The molecule has 4 aliphatic rings. The third kappa shape index (κ3) is 3.47. The van der Waals surface area contributed by atoms with Gasteiger partial charge in [-0.15, -0.1) is 6.58 Å². The maximum Gasteiger partial charge on any atom is 0.288 e. The van der Waals surface area contributed by atoms with Crippen molar-refractivity contribution in [1.82, 2.24) is 21.2 Å². The average molecular weight is 421 g/mol. The zero-order valence-corrected chi connectivity index (χ0v) is 17.9. The van der Waals surface area contributed by atoms with E-state index in [2.05, 4.69) is 39.9 Å². The second kappa shape index (κ2) is 7.65. The van der Waals surface area contributed by atoms with E-state index in [0.29, 0.717) is 17.4 Å². The highest BCUT2D eigenvalue weighted by molar-refractivity contribution is 7.80. The summed E-state index contributed by atoms with van der Waals surface area (Å²) in [6.07, 6.45) is 9.65. The second-order valence-corrected chi connectivity index (χ2v) is 9.76. The van der Waals surface area contributed by atoms with Crippen LogP contribution in [0.2, 0.25) is 0 Å². The number of hydrazine groups is 1. The van der Waals surface area contributed by atoms with E-state index in [1.165, 1.54) is 49.5 Å². The number of hydrogen-bond donors (Lipinski definition) is 3. The summed E-state index contributed by atoms with van der Waals surface area (Å²) in [4.78, 5) is 17.6. The van der Waals surface area contributed by atoms with Crippen LogP contribution >= 0.6 is 12.2 Å². The highest BCUT2D eigenvalue weighted by Gasteiger charge is 2.52. The Kier molecular flexibility index (Phi) is 4.97. The molecule has 3 N–H and O–H groups in total. The minimum absolute atomic E-state index is 0.195. The minimum atomic E-state index is -0.269. The molecule has 4 aliphatic carbocycles. The molecule has 1 heterocycles. The predicted octanol–water partition coefficient (Wildman–Crippen LogP) is 4.00. The Labute approximate surface area is 182 Å². The molecular weight excluding hydrogens is 392 g/mol. The third-order valence-electron chi connectivity index (χ3n) is 7.25. The van der Waals surface area contributed by atoms with Crippen molar-refractivity contribution in [3.05, 3.63) is 54.2 Å². The van der Waals surface area contributed by atoms with Crippen molar-refractivity contribution >= 4 is 34.1 Å². The molecule has 4 saturated carbocycles. The molecule has 1 aromatic carbocycles. The van der Waals surface area contributed by atoms with E-state index >= 15 is 0 Å². The van der Waals surface area contributed by atoms with Crippen LogP contribution < -0.4 is 16.2 Å². The van der Waals surface area contributed by atoms with Gasteiger partial charge in [0.1, 0.15) is 5.69 Å². The van der Waals surface area contributed by atoms with Gasteiger partial charge in [0, 0.05) is 11.9 Å². The molecule has 0 atom stereocenters. The quantitative estimate of drug-likeness (QED) is 0.396. The van der Waals surface area contributed by atoms with Crippen molar-refractivity contribution in [3.8, 4) is 0 Å². The number of fused-ring (bicyclic) bond motifs is 1. The lowest BCUT2D eigenvalue weighted by atomic mass is 9.48. The first-order valence-corrected chi connectivity index (χ1v) is 11.3. The number of nitrogens with zero attached hydrogens (tertiary/aromatic N) is 1. The molecule has 30 heavy (non-hydrogen) atoms. The third-order valence-corrected chi connectivity index (χ3v) is 7.50. The first kappa shape index (κ1) is 19.5. The molecular formula is C24H28N4OS. The Bertz CT molecular complexity index is 982. The van der Waals surface area contributed by atoms with Crippen LogP contribution in [0, 0.1) is 17.8 Å². The lowest BCUT2D eigenvalue weighted by Gasteiger charge is -2.57. The van der Waals surface area contributed by atoms with Crippen LogP contribution in [0.5, 0.6) is 0 Å². The fourth-order valence-corrected chi connectivity index (χ4v) is 6.69. The smallest absolute Gasteiger partial charge is 0.288 e. The van der Waals surface area contributed by atoms with E-state index < -0.39 is 0 Å². The number of carbonyl (C=O) groups is 1. The number of aromatic nitrogens is 1. The summed E-state index contributed by atoms with van der Waals surface area (Å²) in [5, 5.41) is 4.49. The van der Waals surface area contributed by atoms with E-state index in [0.717, 1.165) is 23.3 Å². The molecule has 0 radical (unpaired) electrons. The molecule has 5 nitrogen and oxygen atoms in total. The molecule has 156 valence electrons. The van der Waals surface area contributed by atoms with Crippen LogP contribution in [-0.2, 0) is 5.41 Å². The predicted molar refractivity (Wildman–Crippen MR) is 123 cm³/mol. The number of thiocarbonyl (C=S) groups is 1. The van der Waals surface area contributed by atoms with E-state index in [4.69, 9.17) is 12.2 Å². The monoisotopic (exact) mass is 420 g/mol. The van der Waals surface area contributed by atoms with Gasteiger partial charge in [0.2, 0.25) is 0 Å². The fourth-order valence-electron chi connectivity index (χ4n) is 6.56. The number of amides is 1. The summed E-state index contributed by atoms with van der Waals surface area (Å²) in [6, 6.07) is 10.3. The SMILES string of the molecule is C=CCNC(=S)NNC(=O)c1cc(C23CC4CC(CC(C4)C2)C3)c2ccccc2n1. The van der Waals surface area contributed by atoms with Gasteiger partial charge in [-0.2, -0.15) is 0 Å². The van der Waals surface area contributed by atoms with Crippen molar-refractivity contribution in [2.75, 3.05) is 6.54 Å². The van der Waals surface area contributed by atoms with E-state index in [1.54, 1.807) is 6.08 Å². The van der Waals surface area contributed by atoms with Gasteiger partial charge in [0.05, 0.1) is 5.52 Å². The largest absolute Gasteiger partial charge is 0.358 e. The number of carbonyl (C=O) groups excluding carboxylic acids is 1. The minimum Gasteiger partial charge on any atom is -0.358 e. The van der Waals surface area contributed by atoms with Crippen molar-refractivity contribution in [3.63, 3.8) is 0 Å². The highest BCUT2D eigenvalue weighted by atomic mass is 32.1. The Morgan fingerprint density at radius 3 is 2.47 bits per heavy atom. The van der Waals surface area contributed by atoms with Crippen LogP contribution in [0.15, 0.2) is 43.0 Å². The zero-order valence-electron chi connectivity index (χ0n) is 17.1. The van der Waals surface area contributed by atoms with E-state index in [9.17, 15) is 4.79 Å². The molecule has 2 aromatic rings. The Morgan fingerprint density at radius 1 is 1.13 bits per heavy atom. The molecule has 1 amide bonds. The first-order valence-electron chi connectivity index (χ1n) is 10.9. The molecule has 4 bridgehead atoms. The molecule has 1 aromatic heterocycles. The lowest BCUT2D eigenvalue weighted by Crippen LogP contribution is -2.49. The van der Waals surface area contributed by atoms with Gasteiger partial charge in [0.25, 0.3) is 5.91 Å². The Balaban J connectivity index is 1.48. The van der Waals surface area contributed by atoms with Gasteiger partial charge in [-0.3, -0.25) is 15.6 Å². The van der Waals surface area contributed by atoms with E-state index in [-0.39, 0.29) is 11.3 Å². The van der Waals surface area contributed by atoms with Crippen LogP contribution in [0.1, 0.15) is 54.6 Å². The second-order valence-electron chi connectivity index (χ2n) is 9.35. The summed E-state index contributed by atoms with van der Waals surface area (Å²) in [7, 11) is 0. The Hall–Kier alpha value is -2.47. The maximum absolute atomic E-state index is 12.9. The molecule has 0 unspecified atom stereocenters. The van der Waals surface area contributed by atoms with Crippen molar-refractivity contribution < 1.29 is 4.79 Å². The molecule has 0 saturated heterocycles. The van der Waals surface area contributed by atoms with Crippen LogP contribution in [0.25, 0.3) is 10.9 Å². The Morgan fingerprint density at radius 2 is 1.80 bits per heavy atom. The van der Waals surface area contributed by atoms with Gasteiger partial charge in [-0.1, -0.05) is 24.3 Å². The number of para-hydroxylation sites is 1. The molecule has 0 aliphatic heterocycles. The lowest BCUT2D eigenvalue weighted by molar-refractivity contribution is -0.00454. The standard InChI is InChI=1S/C24H28N4OS/c1-2-7-25-23(30)28-27-22(29)21-11-19(18-5-3-4-6-20(18)26-21)24-12-15-8-16(13-24)10-17(9-15)14-24/h2-6,11,15-17H,1,7-10,12-14H2,(H,27,29)(H2,25,28,30). The number of benzene rings is 1. The van der Waals surface area contributed by atoms with Crippen LogP contribution in [0.4, 0.5) is 0 Å². The summed E-state index contributed by atoms with van der Waals surface area (Å²) >= 11 is 5.16. The average Bonchev–Trinajstić information content (AvgIpc) is 2.74. The summed E-state index contributed by atoms with van der Waals surface area (Å²) in [5.41, 5.74) is 8.29. The molecule has 6 rings (SSSR count). The maximum atomic E-state index is 12.9. The van der Waals surface area contributed by atoms with Gasteiger partial charge in [-0.25, -0.2) is 4.98 Å². The number of hydrogen-bond acceptors (Lipinski definition) is 3. The first-order chi connectivity index (χ1) is 14.6. The van der Waals surface area contributed by atoms with Crippen molar-refractivity contribution in [2.45, 2.75) is 43.9 Å². The summed E-state index contributed by atoms with van der Waals surface area (Å²) in [5.74, 6) is 2.26. The fraction of sp³-hybridized carbons (Fsp3) is 0.458. The number of nitrogens with one attached hydrogen (secondary N) is 3. The van der Waals surface area contributed by atoms with Crippen LogP contribution in [0.3, 0.4) is 0 Å². The topological polar surface area (TPSA) is 66.0 Å². The normalized spacial score (nSPS) is 28.9. The van der Waals surface area contributed by atoms with E-state index in [1.807, 2.05) is 18.2 Å². The molecule has 0 spiro atoms. The van der Waals surface area contributed by atoms with Crippen molar-refractivity contribution in [2.24, 2.45) is 17.8 Å². The number of rotatable bonds is 4. The van der Waals surface area contributed by atoms with Crippen molar-refractivity contribution in [1.29, 1.82) is 0 Å². The van der Waals surface area contributed by atoms with Gasteiger partial charge >= 0.3 is 0 Å². The number of pyridine rings is 1.